The zero-order valence-electron chi connectivity index (χ0n) is 20.6. The zero-order valence-corrected chi connectivity index (χ0v) is 22.2. The van der Waals surface area contributed by atoms with Crippen LogP contribution in [0.15, 0.2) is 27.1 Å². The molecule has 0 unspecified atom stereocenters. The van der Waals surface area contributed by atoms with E-state index in [2.05, 4.69) is 38.7 Å². The van der Waals surface area contributed by atoms with E-state index in [9.17, 15) is 18.0 Å². The third-order valence-electron chi connectivity index (χ3n) is 7.49. The molecule has 1 amide bonds. The van der Waals surface area contributed by atoms with E-state index in [-0.39, 0.29) is 33.9 Å². The molecular weight excluding hydrogens is 504 g/mol. The highest BCUT2D eigenvalue weighted by Crippen LogP contribution is 2.51. The second kappa shape index (κ2) is 8.12. The lowest BCUT2D eigenvalue weighted by Crippen LogP contribution is -2.44. The van der Waals surface area contributed by atoms with Crippen molar-refractivity contribution in [1.82, 2.24) is 4.90 Å². The lowest BCUT2D eigenvalue weighted by molar-refractivity contribution is -0.122. The summed E-state index contributed by atoms with van der Waals surface area (Å²) in [4.78, 5) is 29.1. The van der Waals surface area contributed by atoms with Gasteiger partial charge in [0.25, 0.3) is 21.2 Å². The Hall–Kier alpha value is -2.76. The van der Waals surface area contributed by atoms with Crippen LogP contribution in [0.3, 0.4) is 0 Å². The molecule has 1 fully saturated rings. The number of carbonyl (C=O) groups is 1. The molecule has 9 nitrogen and oxygen atoms in total. The summed E-state index contributed by atoms with van der Waals surface area (Å²) in [5, 5.41) is 0.513. The number of ether oxygens (including phenoxy) is 1. The maximum Gasteiger partial charge on any atom is 0.343 e. The van der Waals surface area contributed by atoms with E-state index < -0.39 is 27.4 Å². The van der Waals surface area contributed by atoms with E-state index in [1.165, 1.54) is 17.3 Å². The summed E-state index contributed by atoms with van der Waals surface area (Å²) in [7, 11) is -4.30. The average Bonchev–Trinajstić information content (AvgIpc) is 3.02. The van der Waals surface area contributed by atoms with Gasteiger partial charge < -0.3 is 14.1 Å². The summed E-state index contributed by atoms with van der Waals surface area (Å²) in [5.41, 5.74) is 3.23. The Morgan fingerprint density at radius 1 is 1.11 bits per heavy atom. The highest BCUT2D eigenvalue weighted by molar-refractivity contribution is 7.85. The maximum atomic E-state index is 13.1. The van der Waals surface area contributed by atoms with Crippen LogP contribution in [0.1, 0.15) is 57.2 Å². The van der Waals surface area contributed by atoms with Crippen LogP contribution >= 0.6 is 12.2 Å². The first kappa shape index (κ1) is 24.9. The van der Waals surface area contributed by atoms with Crippen LogP contribution in [0, 0.1) is 0 Å². The molecule has 0 bridgehead atoms. The third-order valence-corrected chi connectivity index (χ3v) is 8.49. The van der Waals surface area contributed by atoms with Gasteiger partial charge in [-0.15, -0.1) is 0 Å². The SMILES string of the molecule is CC1(C)CCN2CCC(C)(C)c3c2c1cc1cc(C=C2OC(=S)N(CCS(=O)(=O)O)C2=O)c(=O)oc31. The van der Waals surface area contributed by atoms with Crippen molar-refractivity contribution in [2.24, 2.45) is 0 Å². The van der Waals surface area contributed by atoms with E-state index >= 15 is 0 Å². The van der Waals surface area contributed by atoms with Crippen molar-refractivity contribution in [1.29, 1.82) is 0 Å². The molecule has 36 heavy (non-hydrogen) atoms. The van der Waals surface area contributed by atoms with Crippen molar-refractivity contribution < 1.29 is 26.9 Å². The smallest absolute Gasteiger partial charge is 0.343 e. The topological polar surface area (TPSA) is 117 Å². The molecule has 1 N–H and O–H groups in total. The van der Waals surface area contributed by atoms with Crippen molar-refractivity contribution in [3.8, 4) is 0 Å². The normalized spacial score (nSPS) is 21.8. The third kappa shape index (κ3) is 4.12. The summed E-state index contributed by atoms with van der Waals surface area (Å²) in [5.74, 6) is -1.60. The minimum absolute atomic E-state index is 0.0543. The molecule has 5 rings (SSSR count). The molecule has 0 spiro atoms. The fourth-order valence-corrected chi connectivity index (χ4v) is 5.99. The average molecular weight is 533 g/mol. The van der Waals surface area contributed by atoms with Gasteiger partial charge in [0.2, 0.25) is 0 Å². The van der Waals surface area contributed by atoms with E-state index in [4.69, 9.17) is 25.9 Å². The lowest BCUT2D eigenvalue weighted by Gasteiger charge is -2.48. The van der Waals surface area contributed by atoms with E-state index in [0.29, 0.717) is 5.58 Å². The predicted molar refractivity (Wildman–Crippen MR) is 140 cm³/mol. The van der Waals surface area contributed by atoms with Gasteiger partial charge >= 0.3 is 5.63 Å². The van der Waals surface area contributed by atoms with Gasteiger partial charge in [0, 0.05) is 42.3 Å². The largest absolute Gasteiger partial charge is 0.426 e. The van der Waals surface area contributed by atoms with E-state index in [1.807, 2.05) is 0 Å². The summed E-state index contributed by atoms with van der Waals surface area (Å²) < 4.78 is 42.4. The molecule has 1 aromatic heterocycles. The summed E-state index contributed by atoms with van der Waals surface area (Å²) >= 11 is 5.04. The predicted octanol–water partition coefficient (Wildman–Crippen LogP) is 3.33. The number of hydrogen-bond acceptors (Lipinski definition) is 8. The van der Waals surface area contributed by atoms with Crippen LogP contribution < -0.4 is 10.5 Å². The van der Waals surface area contributed by atoms with Gasteiger partial charge in [-0.25, -0.2) is 4.79 Å². The van der Waals surface area contributed by atoms with Crippen molar-refractivity contribution in [3.63, 3.8) is 0 Å². The van der Waals surface area contributed by atoms with E-state index in [0.717, 1.165) is 41.8 Å². The van der Waals surface area contributed by atoms with Gasteiger partial charge in [-0.1, -0.05) is 27.7 Å². The van der Waals surface area contributed by atoms with E-state index in [1.54, 1.807) is 6.07 Å². The number of carbonyl (C=O) groups excluding carboxylic acids is 1. The number of rotatable bonds is 4. The molecule has 1 aromatic carbocycles. The Kier molecular flexibility index (Phi) is 5.62. The first-order valence-electron chi connectivity index (χ1n) is 11.8. The second-order valence-corrected chi connectivity index (χ2v) is 12.9. The van der Waals surface area contributed by atoms with Crippen LogP contribution in [0.5, 0.6) is 0 Å². The maximum absolute atomic E-state index is 13.1. The number of thiocarbonyl (C=S) groups is 1. The first-order valence-corrected chi connectivity index (χ1v) is 13.8. The molecular formula is C25H28N2O7S2. The van der Waals surface area contributed by atoms with Gasteiger partial charge in [-0.3, -0.25) is 14.2 Å². The number of fused-ring (bicyclic) bond motifs is 2. The molecule has 4 heterocycles. The number of hydrogen-bond donors (Lipinski definition) is 1. The number of anilines is 1. The Labute approximate surface area is 214 Å². The zero-order chi connectivity index (χ0) is 26.2. The minimum Gasteiger partial charge on any atom is -0.426 e. The number of benzene rings is 1. The molecule has 0 aliphatic carbocycles. The van der Waals surface area contributed by atoms with Crippen molar-refractivity contribution in [2.45, 2.75) is 51.4 Å². The Bertz CT molecular complexity index is 1520. The van der Waals surface area contributed by atoms with Gasteiger partial charge in [0.05, 0.1) is 11.3 Å². The van der Waals surface area contributed by atoms with Crippen LogP contribution in [0.4, 0.5) is 5.69 Å². The molecule has 192 valence electrons. The summed E-state index contributed by atoms with van der Waals surface area (Å²) in [6.07, 6.45) is 3.22. The molecule has 0 atom stereocenters. The number of amides is 1. The molecule has 3 aliphatic rings. The standard InChI is InChI=1S/C25H28N2O7S2/c1-24(2)5-7-26-8-6-25(3,4)18-19(26)16(24)12-14-11-15(22(29)34-20(14)18)13-17-21(28)27(23(35)33-17)9-10-36(30,31)32/h11-13H,5-10H2,1-4H3,(H,30,31,32). The van der Waals surface area contributed by atoms with Crippen LogP contribution in [0.2, 0.25) is 0 Å². The fourth-order valence-electron chi connectivity index (χ4n) is 5.31. The lowest BCUT2D eigenvalue weighted by atomic mass is 9.69. The van der Waals surface area contributed by atoms with Gasteiger partial charge in [0.1, 0.15) is 5.58 Å². The minimum atomic E-state index is -4.30. The van der Waals surface area contributed by atoms with Crippen LogP contribution in [-0.4, -0.2) is 54.3 Å². The van der Waals surface area contributed by atoms with Crippen molar-refractivity contribution >= 4 is 56.2 Å². The molecule has 0 saturated carbocycles. The molecule has 11 heteroatoms. The molecule has 2 aromatic rings. The fraction of sp³-hybridized carbons (Fsp3) is 0.480. The van der Waals surface area contributed by atoms with Gasteiger partial charge in [-0.05, 0) is 53.6 Å². The van der Waals surface area contributed by atoms with Crippen molar-refractivity contribution in [2.75, 3.05) is 30.3 Å². The molecule has 1 saturated heterocycles. The molecule has 0 radical (unpaired) electrons. The summed E-state index contributed by atoms with van der Waals surface area (Å²) in [6.45, 7) is 10.3. The van der Waals surface area contributed by atoms with Gasteiger partial charge in [-0.2, -0.15) is 8.42 Å². The summed E-state index contributed by atoms with van der Waals surface area (Å²) in [6, 6.07) is 3.78. The van der Waals surface area contributed by atoms with Crippen LogP contribution in [-0.2, 0) is 30.5 Å². The second-order valence-electron chi connectivity index (χ2n) is 10.9. The highest BCUT2D eigenvalue weighted by Gasteiger charge is 2.42. The highest BCUT2D eigenvalue weighted by atomic mass is 32.2. The Morgan fingerprint density at radius 3 is 2.44 bits per heavy atom. The molecule has 3 aliphatic heterocycles. The number of nitrogens with zero attached hydrogens (tertiary/aromatic N) is 2. The monoisotopic (exact) mass is 532 g/mol. The van der Waals surface area contributed by atoms with Gasteiger partial charge in [0.15, 0.2) is 5.76 Å². The van der Waals surface area contributed by atoms with Crippen LogP contribution in [0.25, 0.3) is 17.0 Å². The first-order chi connectivity index (χ1) is 16.7. The quantitative estimate of drug-likeness (QED) is 0.274. The Morgan fingerprint density at radius 2 is 1.78 bits per heavy atom. The van der Waals surface area contributed by atoms with Crippen molar-refractivity contribution in [3.05, 3.63) is 45.0 Å². The Balaban J connectivity index is 1.63.